The van der Waals surface area contributed by atoms with E-state index >= 15 is 0 Å². The molecule has 0 saturated carbocycles. The molecule has 0 heterocycles. The molecule has 22 heavy (non-hydrogen) atoms. The van der Waals surface area contributed by atoms with Crippen LogP contribution in [0.2, 0.25) is 0 Å². The number of amides is 1. The Balaban J connectivity index is 2.11. The topological polar surface area (TPSA) is 84.6 Å². The number of nitrogens with zero attached hydrogens (tertiary/aromatic N) is 2. The van der Waals surface area contributed by atoms with Crippen LogP contribution in [0.4, 0.5) is 5.69 Å². The molecule has 0 fully saturated rings. The maximum absolute atomic E-state index is 12.0. The first-order chi connectivity index (χ1) is 10.5. The maximum atomic E-state index is 12.0. The van der Waals surface area contributed by atoms with E-state index in [0.29, 0.717) is 5.71 Å². The Morgan fingerprint density at radius 2 is 1.86 bits per heavy atom. The summed E-state index contributed by atoms with van der Waals surface area (Å²) in [5.41, 5.74) is 3.93. The molecule has 0 spiro atoms. The van der Waals surface area contributed by atoms with E-state index in [0.717, 1.165) is 10.0 Å². The molecule has 0 aliphatic heterocycles. The van der Waals surface area contributed by atoms with Crippen LogP contribution in [0.25, 0.3) is 0 Å². The third-order valence-corrected chi connectivity index (χ3v) is 3.43. The van der Waals surface area contributed by atoms with Gasteiger partial charge in [-0.1, -0.05) is 34.1 Å². The molecule has 1 amide bonds. The summed E-state index contributed by atoms with van der Waals surface area (Å²) in [4.78, 5) is 22.1. The number of hydrogen-bond donors (Lipinski definition) is 1. The summed E-state index contributed by atoms with van der Waals surface area (Å²) >= 11 is 3.34. The molecule has 1 N–H and O–H groups in total. The zero-order chi connectivity index (χ0) is 16.1. The maximum Gasteiger partial charge on any atom is 0.271 e. The van der Waals surface area contributed by atoms with Gasteiger partial charge in [0.2, 0.25) is 0 Å². The predicted molar refractivity (Wildman–Crippen MR) is 86.9 cm³/mol. The standard InChI is InChI=1S/C15H12BrN3O3/c1-10(11-5-7-13(16)8-6-11)17-18-15(20)12-3-2-4-14(9-12)19(21)22/h2-9H,1H3,(H,18,20)/b17-10+. The van der Waals surface area contributed by atoms with Crippen LogP contribution in [0.1, 0.15) is 22.8 Å². The molecule has 0 unspecified atom stereocenters. The average Bonchev–Trinajstić information content (AvgIpc) is 2.53. The number of benzene rings is 2. The van der Waals surface area contributed by atoms with Gasteiger partial charge in [0.05, 0.1) is 10.6 Å². The van der Waals surface area contributed by atoms with E-state index in [9.17, 15) is 14.9 Å². The first-order valence-corrected chi connectivity index (χ1v) is 7.11. The minimum absolute atomic E-state index is 0.138. The second kappa shape index (κ2) is 6.95. The monoisotopic (exact) mass is 361 g/mol. The van der Waals surface area contributed by atoms with E-state index in [2.05, 4.69) is 26.5 Å². The quantitative estimate of drug-likeness (QED) is 0.513. The number of nitrogens with one attached hydrogen (secondary N) is 1. The lowest BCUT2D eigenvalue weighted by Crippen LogP contribution is -2.19. The SMILES string of the molecule is C/C(=N\NC(=O)c1cccc([N+](=O)[O-])c1)c1ccc(Br)cc1. The Morgan fingerprint density at radius 1 is 1.18 bits per heavy atom. The minimum Gasteiger partial charge on any atom is -0.267 e. The zero-order valence-electron chi connectivity index (χ0n) is 11.6. The van der Waals surface area contributed by atoms with Crippen LogP contribution in [-0.4, -0.2) is 16.5 Å². The fourth-order valence-corrected chi connectivity index (χ4v) is 1.98. The molecule has 0 aromatic heterocycles. The molecular formula is C15H12BrN3O3. The van der Waals surface area contributed by atoms with E-state index in [1.165, 1.54) is 24.3 Å². The van der Waals surface area contributed by atoms with Crippen LogP contribution in [-0.2, 0) is 0 Å². The van der Waals surface area contributed by atoms with Gasteiger partial charge in [-0.05, 0) is 30.7 Å². The highest BCUT2D eigenvalue weighted by atomic mass is 79.9. The summed E-state index contributed by atoms with van der Waals surface area (Å²) in [7, 11) is 0. The highest BCUT2D eigenvalue weighted by Crippen LogP contribution is 2.13. The number of hydrazone groups is 1. The van der Waals surface area contributed by atoms with Gasteiger partial charge in [-0.15, -0.1) is 0 Å². The van der Waals surface area contributed by atoms with Crippen LogP contribution in [0, 0.1) is 10.1 Å². The number of carbonyl (C=O) groups excluding carboxylic acids is 1. The molecule has 112 valence electrons. The van der Waals surface area contributed by atoms with Crippen LogP contribution >= 0.6 is 15.9 Å². The molecular weight excluding hydrogens is 350 g/mol. The van der Waals surface area contributed by atoms with Crippen molar-refractivity contribution in [3.63, 3.8) is 0 Å². The van der Waals surface area contributed by atoms with Gasteiger partial charge in [0.1, 0.15) is 0 Å². The van der Waals surface area contributed by atoms with Crippen molar-refractivity contribution in [1.82, 2.24) is 5.43 Å². The molecule has 0 bridgehead atoms. The molecule has 0 saturated heterocycles. The lowest BCUT2D eigenvalue weighted by molar-refractivity contribution is -0.384. The summed E-state index contributed by atoms with van der Waals surface area (Å²) in [6.45, 7) is 1.76. The number of rotatable bonds is 4. The van der Waals surface area contributed by atoms with E-state index in [1.807, 2.05) is 24.3 Å². The average molecular weight is 362 g/mol. The molecule has 0 atom stereocenters. The number of non-ortho nitro benzene ring substituents is 1. The lowest BCUT2D eigenvalue weighted by Gasteiger charge is -2.03. The molecule has 0 aliphatic rings. The minimum atomic E-state index is -0.548. The van der Waals surface area contributed by atoms with Crippen LogP contribution in [0.3, 0.4) is 0 Å². The summed E-state index contributed by atoms with van der Waals surface area (Å²) < 4.78 is 0.949. The van der Waals surface area contributed by atoms with Crippen molar-refractivity contribution in [1.29, 1.82) is 0 Å². The Labute approximate surface area is 135 Å². The first kappa shape index (κ1) is 15.8. The number of nitro groups is 1. The summed E-state index contributed by atoms with van der Waals surface area (Å²) in [5, 5.41) is 14.7. The molecule has 0 aliphatic carbocycles. The van der Waals surface area contributed by atoms with Gasteiger partial charge in [-0.25, -0.2) is 5.43 Å². The van der Waals surface area contributed by atoms with E-state index in [-0.39, 0.29) is 11.3 Å². The molecule has 2 aromatic carbocycles. The van der Waals surface area contributed by atoms with Crippen molar-refractivity contribution in [2.24, 2.45) is 5.10 Å². The van der Waals surface area contributed by atoms with Crippen molar-refractivity contribution >= 4 is 33.2 Å². The van der Waals surface area contributed by atoms with E-state index < -0.39 is 10.8 Å². The number of nitro benzene ring substituents is 1. The summed E-state index contributed by atoms with van der Waals surface area (Å²) in [5.74, 6) is -0.500. The van der Waals surface area contributed by atoms with Gasteiger partial charge in [-0.3, -0.25) is 14.9 Å². The van der Waals surface area contributed by atoms with Gasteiger partial charge in [-0.2, -0.15) is 5.10 Å². The molecule has 6 nitrogen and oxygen atoms in total. The van der Waals surface area contributed by atoms with Crippen molar-refractivity contribution in [2.45, 2.75) is 6.92 Å². The van der Waals surface area contributed by atoms with Crippen LogP contribution < -0.4 is 5.43 Å². The van der Waals surface area contributed by atoms with Crippen LogP contribution in [0.15, 0.2) is 58.1 Å². The Kier molecular flexibility index (Phi) is 5.00. The first-order valence-electron chi connectivity index (χ1n) is 6.32. The second-order valence-corrected chi connectivity index (χ2v) is 5.37. The fourth-order valence-electron chi connectivity index (χ4n) is 1.72. The Bertz CT molecular complexity index is 742. The highest BCUT2D eigenvalue weighted by Gasteiger charge is 2.11. The molecule has 7 heteroatoms. The van der Waals surface area contributed by atoms with Crippen LogP contribution in [0.5, 0.6) is 0 Å². The zero-order valence-corrected chi connectivity index (χ0v) is 13.2. The predicted octanol–water partition coefficient (Wildman–Crippen LogP) is 3.51. The number of carbonyl (C=O) groups is 1. The fraction of sp³-hybridized carbons (Fsp3) is 0.0667. The smallest absolute Gasteiger partial charge is 0.267 e. The third kappa shape index (κ3) is 3.98. The van der Waals surface area contributed by atoms with Gasteiger partial charge >= 0.3 is 0 Å². The van der Waals surface area contributed by atoms with E-state index in [1.54, 1.807) is 6.92 Å². The summed E-state index contributed by atoms with van der Waals surface area (Å²) in [6.07, 6.45) is 0. The van der Waals surface area contributed by atoms with Crippen molar-refractivity contribution in [3.8, 4) is 0 Å². The molecule has 2 aromatic rings. The van der Waals surface area contributed by atoms with Crippen molar-refractivity contribution < 1.29 is 9.72 Å². The van der Waals surface area contributed by atoms with Gasteiger partial charge in [0.15, 0.2) is 0 Å². The van der Waals surface area contributed by atoms with Crippen molar-refractivity contribution in [3.05, 3.63) is 74.2 Å². The highest BCUT2D eigenvalue weighted by molar-refractivity contribution is 9.10. The Morgan fingerprint density at radius 3 is 2.50 bits per heavy atom. The number of halogens is 1. The lowest BCUT2D eigenvalue weighted by atomic mass is 10.1. The van der Waals surface area contributed by atoms with Crippen molar-refractivity contribution in [2.75, 3.05) is 0 Å². The molecule has 2 rings (SSSR count). The van der Waals surface area contributed by atoms with Gasteiger partial charge < -0.3 is 0 Å². The normalized spacial score (nSPS) is 11.1. The second-order valence-electron chi connectivity index (χ2n) is 4.45. The van der Waals surface area contributed by atoms with Gasteiger partial charge in [0, 0.05) is 22.2 Å². The summed E-state index contributed by atoms with van der Waals surface area (Å²) in [6, 6.07) is 13.0. The largest absolute Gasteiger partial charge is 0.271 e. The van der Waals surface area contributed by atoms with Gasteiger partial charge in [0.25, 0.3) is 11.6 Å². The Hall–Kier alpha value is -2.54. The molecule has 0 radical (unpaired) electrons. The number of hydrogen-bond acceptors (Lipinski definition) is 4. The van der Waals surface area contributed by atoms with E-state index in [4.69, 9.17) is 0 Å². The third-order valence-electron chi connectivity index (χ3n) is 2.91.